The first-order valence-corrected chi connectivity index (χ1v) is 12.9. The first-order valence-electron chi connectivity index (χ1n) is 12.9. The van der Waals surface area contributed by atoms with Gasteiger partial charge in [-0.25, -0.2) is 0 Å². The summed E-state index contributed by atoms with van der Waals surface area (Å²) in [5.74, 6) is -13.3. The number of amides is 1. The van der Waals surface area contributed by atoms with E-state index in [1.54, 1.807) is 32.0 Å². The van der Waals surface area contributed by atoms with Crippen molar-refractivity contribution in [3.05, 3.63) is 22.8 Å². The van der Waals surface area contributed by atoms with Gasteiger partial charge < -0.3 is 26.0 Å². The number of ketones is 4. The Kier molecular flexibility index (Phi) is 6.61. The van der Waals surface area contributed by atoms with E-state index in [0.717, 1.165) is 0 Å². The third-order valence-electron chi connectivity index (χ3n) is 8.85. The van der Waals surface area contributed by atoms with Gasteiger partial charge >= 0.3 is 0 Å². The summed E-state index contributed by atoms with van der Waals surface area (Å²) < 4.78 is 0. The van der Waals surface area contributed by atoms with Crippen LogP contribution in [0.25, 0.3) is 0 Å². The highest BCUT2D eigenvalue weighted by Gasteiger charge is 2.73. The molecule has 0 aliphatic heterocycles. The fourth-order valence-electron chi connectivity index (χ4n) is 7.05. The molecule has 1 aromatic carbocycles. The van der Waals surface area contributed by atoms with E-state index in [9.17, 15) is 39.3 Å². The van der Waals surface area contributed by atoms with Gasteiger partial charge in [-0.15, -0.1) is 0 Å². The number of hydrogen-bond donors (Lipinski definition) is 4. The maximum atomic E-state index is 14.1. The van der Waals surface area contributed by atoms with Gasteiger partial charge in [-0.05, 0) is 37.1 Å². The summed E-state index contributed by atoms with van der Waals surface area (Å²) >= 11 is 0. The zero-order valence-electron chi connectivity index (χ0n) is 23.5. The summed E-state index contributed by atoms with van der Waals surface area (Å²) in [5, 5.41) is 34.9. The van der Waals surface area contributed by atoms with Crippen molar-refractivity contribution in [2.24, 2.45) is 29.4 Å². The lowest BCUT2D eigenvalue weighted by Gasteiger charge is -2.56. The van der Waals surface area contributed by atoms with Crippen molar-refractivity contribution in [2.75, 3.05) is 33.1 Å². The first kappa shape index (κ1) is 28.8. The van der Waals surface area contributed by atoms with Gasteiger partial charge in [0.05, 0.1) is 29.5 Å². The zero-order chi connectivity index (χ0) is 29.7. The van der Waals surface area contributed by atoms with Crippen LogP contribution in [0, 0.1) is 23.7 Å². The number of aliphatic hydroxyl groups excluding tert-OH is 1. The lowest BCUT2D eigenvalue weighted by atomic mass is 9.49. The summed E-state index contributed by atoms with van der Waals surface area (Å²) in [6.07, 6.45) is -1.67. The Hall–Kier alpha value is -3.15. The molecule has 0 saturated heterocycles. The number of carbonyl (C=O) groups excluding carboxylic acids is 5. The molecule has 0 radical (unpaired) electrons. The monoisotopic (exact) mass is 543 g/mol. The van der Waals surface area contributed by atoms with Crippen molar-refractivity contribution >= 4 is 34.7 Å². The number of aliphatic hydroxyl groups is 2. The standard InChI is InChI=1S/C28H37N3O8/c1-10-13-12(30(5)6)9-11(27(2,3)4)20(32)15(13)21(33)16-14(10)22(34)18-19(31(7)8)23(35)17(26(29)38)25(37)28(18,39)24(16)36/h9-10,14,16-19,22,32,34,39H,1-8H3,(H2,29,38)/t10-,14+,16?,17?,18+,19-,22-,28-/m1/s1. The van der Waals surface area contributed by atoms with E-state index in [4.69, 9.17) is 5.73 Å². The number of carbonyl (C=O) groups is 5. The minimum Gasteiger partial charge on any atom is -0.507 e. The molecule has 39 heavy (non-hydrogen) atoms. The van der Waals surface area contributed by atoms with E-state index in [1.807, 2.05) is 20.8 Å². The van der Waals surface area contributed by atoms with E-state index in [0.29, 0.717) is 16.8 Å². The largest absolute Gasteiger partial charge is 0.507 e. The van der Waals surface area contributed by atoms with Crippen LogP contribution in [-0.4, -0.2) is 95.2 Å². The average molecular weight is 544 g/mol. The Bertz CT molecular complexity index is 1310. The maximum Gasteiger partial charge on any atom is 0.235 e. The topological polar surface area (TPSA) is 179 Å². The zero-order valence-corrected chi connectivity index (χ0v) is 23.5. The van der Waals surface area contributed by atoms with Crippen molar-refractivity contribution in [3.8, 4) is 5.75 Å². The number of hydrogen-bond acceptors (Lipinski definition) is 10. The number of phenolic OH excluding ortho intramolecular Hbond substituents is 1. The van der Waals surface area contributed by atoms with Crippen LogP contribution in [-0.2, 0) is 24.6 Å². The van der Waals surface area contributed by atoms with Crippen LogP contribution in [0.3, 0.4) is 0 Å². The number of anilines is 1. The molecule has 1 amide bonds. The van der Waals surface area contributed by atoms with Crippen molar-refractivity contribution in [2.45, 2.75) is 56.8 Å². The van der Waals surface area contributed by atoms with Crippen LogP contribution in [0.15, 0.2) is 6.07 Å². The normalized spacial score (nSPS) is 34.5. The molecule has 5 N–H and O–H groups in total. The maximum absolute atomic E-state index is 14.1. The third-order valence-corrected chi connectivity index (χ3v) is 8.85. The molecule has 2 unspecified atom stereocenters. The molecule has 1 aromatic rings. The van der Waals surface area contributed by atoms with Gasteiger partial charge in [-0.1, -0.05) is 27.7 Å². The number of Topliss-reactive ketones (excluding diaryl/α,β-unsaturated/α-hetero) is 4. The predicted molar refractivity (Wildman–Crippen MR) is 140 cm³/mol. The van der Waals surface area contributed by atoms with Gasteiger partial charge in [0.1, 0.15) is 5.75 Å². The molecule has 4 rings (SSSR count). The van der Waals surface area contributed by atoms with Crippen molar-refractivity contribution in [1.29, 1.82) is 0 Å². The molecule has 212 valence electrons. The Balaban J connectivity index is 2.03. The van der Waals surface area contributed by atoms with Gasteiger partial charge in [-0.2, -0.15) is 0 Å². The molecule has 0 heterocycles. The molecule has 0 bridgehead atoms. The van der Waals surface area contributed by atoms with E-state index in [1.165, 1.54) is 19.0 Å². The van der Waals surface area contributed by atoms with Gasteiger partial charge in [0.25, 0.3) is 0 Å². The highest BCUT2D eigenvalue weighted by molar-refractivity contribution is 6.32. The van der Waals surface area contributed by atoms with Crippen LogP contribution < -0.4 is 10.6 Å². The fourth-order valence-corrected chi connectivity index (χ4v) is 7.05. The number of benzene rings is 1. The molecule has 11 heteroatoms. The Labute approximate surface area is 226 Å². The van der Waals surface area contributed by atoms with Crippen LogP contribution in [0.5, 0.6) is 5.75 Å². The van der Waals surface area contributed by atoms with E-state index in [2.05, 4.69) is 0 Å². The van der Waals surface area contributed by atoms with Gasteiger partial charge in [0, 0.05) is 31.3 Å². The van der Waals surface area contributed by atoms with E-state index >= 15 is 0 Å². The summed E-state index contributed by atoms with van der Waals surface area (Å²) in [6.45, 7) is 7.29. The molecular weight excluding hydrogens is 506 g/mol. The minimum atomic E-state index is -3.02. The number of fused-ring (bicyclic) bond motifs is 3. The summed E-state index contributed by atoms with van der Waals surface area (Å²) in [6, 6.07) is 0.373. The molecule has 8 atom stereocenters. The predicted octanol–water partition coefficient (Wildman–Crippen LogP) is -0.238. The Morgan fingerprint density at radius 1 is 1.05 bits per heavy atom. The first-order chi connectivity index (χ1) is 17.8. The molecule has 3 aliphatic carbocycles. The van der Waals surface area contributed by atoms with Crippen LogP contribution in [0.4, 0.5) is 5.69 Å². The quantitative estimate of drug-likeness (QED) is 0.372. The summed E-state index contributed by atoms with van der Waals surface area (Å²) in [7, 11) is 6.46. The number of rotatable bonds is 3. The molecule has 2 fully saturated rings. The molecule has 2 saturated carbocycles. The highest BCUT2D eigenvalue weighted by Crippen LogP contribution is 2.57. The van der Waals surface area contributed by atoms with Crippen molar-refractivity contribution in [1.82, 2.24) is 4.90 Å². The number of primary amides is 1. The summed E-state index contributed by atoms with van der Waals surface area (Å²) in [4.78, 5) is 70.3. The smallest absolute Gasteiger partial charge is 0.235 e. The van der Waals surface area contributed by atoms with Crippen LogP contribution in [0.2, 0.25) is 0 Å². The van der Waals surface area contributed by atoms with Gasteiger partial charge in [0.15, 0.2) is 34.7 Å². The third kappa shape index (κ3) is 3.70. The number of nitrogens with two attached hydrogens (primary N) is 1. The van der Waals surface area contributed by atoms with Gasteiger partial charge in [-0.3, -0.25) is 28.9 Å². The van der Waals surface area contributed by atoms with Gasteiger partial charge in [0.2, 0.25) is 5.91 Å². The molecular formula is C28H37N3O8. The lowest BCUT2D eigenvalue weighted by Crippen LogP contribution is -2.77. The fraction of sp³-hybridized carbons (Fsp3) is 0.607. The number of phenols is 1. The van der Waals surface area contributed by atoms with Crippen LogP contribution >= 0.6 is 0 Å². The highest BCUT2D eigenvalue weighted by atomic mass is 16.3. The Morgan fingerprint density at radius 2 is 1.62 bits per heavy atom. The molecule has 0 aromatic heterocycles. The number of aromatic hydroxyl groups is 1. The second-order valence-electron chi connectivity index (χ2n) is 12.6. The number of nitrogens with zero attached hydrogens (tertiary/aromatic N) is 2. The van der Waals surface area contributed by atoms with Crippen molar-refractivity contribution in [3.63, 3.8) is 0 Å². The lowest BCUT2D eigenvalue weighted by molar-refractivity contribution is -0.196. The molecule has 0 spiro atoms. The summed E-state index contributed by atoms with van der Waals surface area (Å²) in [5.41, 5.74) is 3.15. The van der Waals surface area contributed by atoms with E-state index < -0.39 is 81.8 Å². The second kappa shape index (κ2) is 8.94. The van der Waals surface area contributed by atoms with Crippen LogP contribution in [0.1, 0.15) is 55.1 Å². The minimum absolute atomic E-state index is 0.0996. The molecule has 3 aliphatic rings. The average Bonchev–Trinajstić information content (AvgIpc) is 2.79. The SMILES string of the molecule is C[C@@H]1c2c(N(C)C)cc(C(C)(C)C)c(O)c2C(=O)C2C(=O)[C@@]3(O)C(=O)C(C(N)=O)C(=O)[C@H](N(C)C)[C@H]3[C@H](O)[C@H]21. The van der Waals surface area contributed by atoms with E-state index in [-0.39, 0.29) is 11.3 Å². The Morgan fingerprint density at radius 3 is 2.08 bits per heavy atom. The van der Waals surface area contributed by atoms with Crippen molar-refractivity contribution < 1.29 is 39.3 Å². The number of likely N-dealkylation sites (N-methyl/N-ethyl adjacent to an activating group) is 1. The molecule has 11 nitrogen and oxygen atoms in total. The second-order valence-corrected chi connectivity index (χ2v) is 12.6.